The molecule has 1 heterocycles. The molecule has 0 aliphatic carbocycles. The van der Waals surface area contributed by atoms with Gasteiger partial charge in [-0.2, -0.15) is 5.10 Å². The number of carbonyl (C=O) groups excluding carboxylic acids is 2. The number of ether oxygens (including phenoxy) is 2. The largest absolute Gasteiger partial charge is 0.494 e. The van der Waals surface area contributed by atoms with Crippen molar-refractivity contribution in [2.75, 3.05) is 25.0 Å². The lowest BCUT2D eigenvalue weighted by atomic mass is 10.2. The van der Waals surface area contributed by atoms with Crippen LogP contribution in [0.15, 0.2) is 29.5 Å². The molecule has 0 unspecified atom stereocenters. The second-order valence-electron chi connectivity index (χ2n) is 4.56. The van der Waals surface area contributed by atoms with Gasteiger partial charge in [-0.3, -0.25) is 25.9 Å². The summed E-state index contributed by atoms with van der Waals surface area (Å²) in [6.07, 6.45) is 0. The van der Waals surface area contributed by atoms with Crippen LogP contribution in [0.25, 0.3) is 0 Å². The molecule has 1 saturated heterocycles. The topological polar surface area (TPSA) is 113 Å². The van der Waals surface area contributed by atoms with Gasteiger partial charge in [-0.15, -0.1) is 0 Å². The molecule has 0 saturated carbocycles. The second kappa shape index (κ2) is 6.69. The minimum atomic E-state index is -0.400. The number of rotatable bonds is 5. The van der Waals surface area contributed by atoms with E-state index < -0.39 is 5.91 Å². The number of hydrogen-bond acceptors (Lipinski definition) is 7. The Morgan fingerprint density at radius 2 is 1.78 bits per heavy atom. The van der Waals surface area contributed by atoms with Crippen LogP contribution < -0.4 is 31.1 Å². The summed E-state index contributed by atoms with van der Waals surface area (Å²) in [6.45, 7) is 5.04. The summed E-state index contributed by atoms with van der Waals surface area (Å²) in [6, 6.07) is 3.18. The summed E-state index contributed by atoms with van der Waals surface area (Å²) >= 11 is 0. The molecular formula is C14H17N5O4. The summed E-state index contributed by atoms with van der Waals surface area (Å²) in [7, 11) is 2.94. The lowest BCUT2D eigenvalue weighted by Gasteiger charge is -2.14. The van der Waals surface area contributed by atoms with E-state index in [1.165, 1.54) is 21.1 Å². The van der Waals surface area contributed by atoms with Crippen molar-refractivity contribution in [2.24, 2.45) is 5.10 Å². The van der Waals surface area contributed by atoms with Crippen LogP contribution in [0.1, 0.15) is 6.92 Å². The van der Waals surface area contributed by atoms with E-state index in [1.54, 1.807) is 12.1 Å². The van der Waals surface area contributed by atoms with Crippen molar-refractivity contribution in [2.45, 2.75) is 6.92 Å². The first-order valence-corrected chi connectivity index (χ1v) is 6.59. The molecule has 0 spiro atoms. The van der Waals surface area contributed by atoms with E-state index in [0.29, 0.717) is 28.6 Å². The Hall–Kier alpha value is -3.23. The Morgan fingerprint density at radius 1 is 1.17 bits per heavy atom. The van der Waals surface area contributed by atoms with E-state index in [0.717, 1.165) is 0 Å². The van der Waals surface area contributed by atoms with E-state index in [4.69, 9.17) is 9.47 Å². The fourth-order valence-electron chi connectivity index (χ4n) is 1.89. The molecule has 1 aromatic carbocycles. The maximum Gasteiger partial charge on any atom is 0.292 e. The van der Waals surface area contributed by atoms with Crippen LogP contribution in [-0.2, 0) is 9.59 Å². The Bertz CT molecular complexity index is 681. The Morgan fingerprint density at radius 3 is 2.30 bits per heavy atom. The fourth-order valence-corrected chi connectivity index (χ4v) is 1.89. The molecule has 2 amide bonds. The number of benzene rings is 1. The highest BCUT2D eigenvalue weighted by atomic mass is 16.5. The lowest BCUT2D eigenvalue weighted by Crippen LogP contribution is -2.26. The van der Waals surface area contributed by atoms with Crippen molar-refractivity contribution >= 4 is 28.9 Å². The zero-order valence-corrected chi connectivity index (χ0v) is 12.9. The van der Waals surface area contributed by atoms with E-state index >= 15 is 0 Å². The van der Waals surface area contributed by atoms with Crippen molar-refractivity contribution in [3.63, 3.8) is 0 Å². The SMILES string of the molecule is C=C1NNC(=O)C1=NNc1cc(OC)c(NC(C)=O)cc1OC. The first-order chi connectivity index (χ1) is 11.0. The van der Waals surface area contributed by atoms with Crippen LogP contribution in [0.3, 0.4) is 0 Å². The van der Waals surface area contributed by atoms with Crippen molar-refractivity contribution < 1.29 is 19.1 Å². The van der Waals surface area contributed by atoms with Crippen molar-refractivity contribution in [1.29, 1.82) is 0 Å². The first-order valence-electron chi connectivity index (χ1n) is 6.59. The number of hydrogen-bond donors (Lipinski definition) is 4. The third kappa shape index (κ3) is 3.51. The van der Waals surface area contributed by atoms with Gasteiger partial charge in [0.15, 0.2) is 5.71 Å². The van der Waals surface area contributed by atoms with Gasteiger partial charge in [0.25, 0.3) is 5.91 Å². The number of amides is 2. The summed E-state index contributed by atoms with van der Waals surface area (Å²) in [5.41, 5.74) is 9.06. The number of nitrogens with zero attached hydrogens (tertiary/aromatic N) is 1. The molecule has 0 atom stereocenters. The molecule has 4 N–H and O–H groups in total. The smallest absolute Gasteiger partial charge is 0.292 e. The minimum Gasteiger partial charge on any atom is -0.494 e. The first kappa shape index (κ1) is 16.1. The van der Waals surface area contributed by atoms with Crippen molar-refractivity contribution in [1.82, 2.24) is 10.9 Å². The molecule has 23 heavy (non-hydrogen) atoms. The summed E-state index contributed by atoms with van der Waals surface area (Å²) < 4.78 is 10.5. The zero-order valence-electron chi connectivity index (χ0n) is 12.9. The number of hydrazone groups is 1. The zero-order chi connectivity index (χ0) is 17.0. The van der Waals surface area contributed by atoms with Gasteiger partial charge in [0.05, 0.1) is 25.6 Å². The highest BCUT2D eigenvalue weighted by Crippen LogP contribution is 2.36. The molecule has 1 aromatic rings. The number of carbonyl (C=O) groups is 2. The number of nitrogens with one attached hydrogen (secondary N) is 4. The van der Waals surface area contributed by atoms with Crippen LogP contribution in [0.4, 0.5) is 11.4 Å². The lowest BCUT2D eigenvalue weighted by molar-refractivity contribution is -0.115. The molecule has 2 rings (SSSR count). The molecule has 9 heteroatoms. The average molecular weight is 319 g/mol. The van der Waals surface area contributed by atoms with Gasteiger partial charge in [0.2, 0.25) is 5.91 Å². The fraction of sp³-hybridized carbons (Fsp3) is 0.214. The van der Waals surface area contributed by atoms with Crippen LogP contribution in [0.5, 0.6) is 11.5 Å². The van der Waals surface area contributed by atoms with Gasteiger partial charge in [-0.25, -0.2) is 0 Å². The second-order valence-corrected chi connectivity index (χ2v) is 4.56. The highest BCUT2D eigenvalue weighted by molar-refractivity contribution is 6.46. The molecule has 1 aliphatic heterocycles. The molecule has 0 radical (unpaired) electrons. The minimum absolute atomic E-state index is 0.122. The molecule has 122 valence electrons. The van der Waals surface area contributed by atoms with Gasteiger partial charge in [0, 0.05) is 19.1 Å². The Balaban J connectivity index is 2.34. The predicted molar refractivity (Wildman–Crippen MR) is 85.3 cm³/mol. The molecule has 1 aliphatic rings. The number of hydrazine groups is 1. The van der Waals surface area contributed by atoms with Gasteiger partial charge in [-0.1, -0.05) is 6.58 Å². The van der Waals surface area contributed by atoms with Gasteiger partial charge >= 0.3 is 0 Å². The van der Waals surface area contributed by atoms with Gasteiger partial charge in [-0.05, 0) is 0 Å². The molecular weight excluding hydrogens is 302 g/mol. The van der Waals surface area contributed by atoms with E-state index in [1.807, 2.05) is 0 Å². The molecule has 0 bridgehead atoms. The molecule has 1 fully saturated rings. The molecule has 9 nitrogen and oxygen atoms in total. The monoisotopic (exact) mass is 319 g/mol. The van der Waals surface area contributed by atoms with Crippen molar-refractivity contribution in [3.8, 4) is 11.5 Å². The third-order valence-electron chi connectivity index (χ3n) is 2.95. The summed E-state index contributed by atoms with van der Waals surface area (Å²) in [5.74, 6) is 0.187. The maximum atomic E-state index is 11.6. The average Bonchev–Trinajstić information content (AvgIpc) is 2.83. The predicted octanol–water partition coefficient (Wildman–Crippen LogP) is 0.578. The standard InChI is InChI=1S/C14H17N5O4/c1-7-13(14(21)19-16-7)18-17-10-6-11(22-3)9(15-8(2)20)5-12(10)23-4/h5-6,16-17H,1H2,2-4H3,(H,15,20)(H,19,21). The quantitative estimate of drug-likeness (QED) is 0.591. The summed E-state index contributed by atoms with van der Waals surface area (Å²) in [5, 5.41) is 6.64. The Labute approximate surface area is 132 Å². The summed E-state index contributed by atoms with van der Waals surface area (Å²) in [4.78, 5) is 22.8. The van der Waals surface area contributed by atoms with Crippen LogP contribution in [0.2, 0.25) is 0 Å². The molecule has 0 aromatic heterocycles. The third-order valence-corrected chi connectivity index (χ3v) is 2.95. The van der Waals surface area contributed by atoms with Gasteiger partial charge < -0.3 is 14.8 Å². The van der Waals surface area contributed by atoms with E-state index in [9.17, 15) is 9.59 Å². The van der Waals surface area contributed by atoms with Gasteiger partial charge in [0.1, 0.15) is 17.2 Å². The maximum absolute atomic E-state index is 11.6. The normalized spacial score (nSPS) is 15.0. The Kier molecular flexibility index (Phi) is 4.69. The van der Waals surface area contributed by atoms with Crippen molar-refractivity contribution in [3.05, 3.63) is 24.4 Å². The number of methoxy groups -OCH3 is 2. The van der Waals surface area contributed by atoms with E-state index in [-0.39, 0.29) is 11.6 Å². The van der Waals surface area contributed by atoms with Crippen LogP contribution in [0, 0.1) is 0 Å². The van der Waals surface area contributed by atoms with Crippen LogP contribution in [-0.4, -0.2) is 31.7 Å². The number of anilines is 2. The highest BCUT2D eigenvalue weighted by Gasteiger charge is 2.22. The van der Waals surface area contributed by atoms with Crippen LogP contribution >= 0.6 is 0 Å². The van der Waals surface area contributed by atoms with E-state index in [2.05, 4.69) is 33.3 Å².